The Hall–Kier alpha value is -3.12. The Morgan fingerprint density at radius 2 is 1.66 bits per heavy atom. The lowest BCUT2D eigenvalue weighted by Crippen LogP contribution is -2.25. The molecule has 0 heterocycles. The van der Waals surface area contributed by atoms with Gasteiger partial charge in [0.1, 0.15) is 0 Å². The standard InChI is InChI=1S/C23H21BrN2O3/c1-16(17-8-10-19(11-9-17)18-6-4-3-5-7-18)25-26-23(27)15-29-21-13-12-20(24)14-22(21)28-2/h3-14H,15H2,1-2H3,(H,26,27). The van der Waals surface area contributed by atoms with Crippen LogP contribution in [0, 0.1) is 0 Å². The molecule has 1 N–H and O–H groups in total. The lowest BCUT2D eigenvalue weighted by Gasteiger charge is -2.10. The highest BCUT2D eigenvalue weighted by Crippen LogP contribution is 2.30. The fourth-order valence-corrected chi connectivity index (χ4v) is 3.02. The Morgan fingerprint density at radius 1 is 0.966 bits per heavy atom. The normalized spacial score (nSPS) is 11.1. The molecule has 5 nitrogen and oxygen atoms in total. The number of benzene rings is 3. The van der Waals surface area contributed by atoms with E-state index in [4.69, 9.17) is 9.47 Å². The topological polar surface area (TPSA) is 59.9 Å². The molecule has 0 fully saturated rings. The lowest BCUT2D eigenvalue weighted by molar-refractivity contribution is -0.123. The molecule has 0 aliphatic rings. The van der Waals surface area contributed by atoms with E-state index in [-0.39, 0.29) is 12.5 Å². The Bertz CT molecular complexity index is 1000. The number of hydrogen-bond acceptors (Lipinski definition) is 4. The molecular weight excluding hydrogens is 432 g/mol. The van der Waals surface area contributed by atoms with E-state index in [1.807, 2.05) is 55.5 Å². The predicted molar refractivity (Wildman–Crippen MR) is 118 cm³/mol. The van der Waals surface area contributed by atoms with Crippen molar-refractivity contribution in [3.63, 3.8) is 0 Å². The van der Waals surface area contributed by atoms with Gasteiger partial charge in [-0.1, -0.05) is 70.5 Å². The van der Waals surface area contributed by atoms with E-state index in [1.54, 1.807) is 19.2 Å². The number of nitrogens with zero attached hydrogens (tertiary/aromatic N) is 1. The monoisotopic (exact) mass is 452 g/mol. The molecule has 3 rings (SSSR count). The van der Waals surface area contributed by atoms with Crippen LogP contribution in [0.5, 0.6) is 11.5 Å². The number of ether oxygens (including phenoxy) is 2. The van der Waals surface area contributed by atoms with Crippen LogP contribution in [0.4, 0.5) is 0 Å². The Balaban J connectivity index is 1.57. The lowest BCUT2D eigenvalue weighted by atomic mass is 10.0. The van der Waals surface area contributed by atoms with Crippen molar-refractivity contribution in [3.8, 4) is 22.6 Å². The molecule has 1 amide bonds. The Morgan fingerprint density at radius 3 is 2.34 bits per heavy atom. The van der Waals surface area contributed by atoms with E-state index >= 15 is 0 Å². The Kier molecular flexibility index (Phi) is 7.03. The zero-order chi connectivity index (χ0) is 20.6. The summed E-state index contributed by atoms with van der Waals surface area (Å²) in [5, 5.41) is 4.16. The zero-order valence-corrected chi connectivity index (χ0v) is 17.8. The van der Waals surface area contributed by atoms with Crippen LogP contribution >= 0.6 is 15.9 Å². The molecule has 0 aliphatic heterocycles. The average molecular weight is 453 g/mol. The molecule has 0 saturated carbocycles. The molecule has 0 spiro atoms. The van der Waals surface area contributed by atoms with Gasteiger partial charge >= 0.3 is 0 Å². The molecule has 0 aliphatic carbocycles. The van der Waals surface area contributed by atoms with E-state index in [2.05, 4.69) is 38.6 Å². The number of carbonyl (C=O) groups excluding carboxylic acids is 1. The molecule has 3 aromatic rings. The van der Waals surface area contributed by atoms with Gasteiger partial charge in [0, 0.05) is 4.47 Å². The van der Waals surface area contributed by atoms with Crippen LogP contribution in [-0.4, -0.2) is 25.3 Å². The smallest absolute Gasteiger partial charge is 0.277 e. The maximum atomic E-state index is 12.1. The second-order valence-corrected chi connectivity index (χ2v) is 7.18. The van der Waals surface area contributed by atoms with Gasteiger partial charge in [0.25, 0.3) is 5.91 Å². The van der Waals surface area contributed by atoms with Gasteiger partial charge in [0.2, 0.25) is 0 Å². The van der Waals surface area contributed by atoms with Crippen molar-refractivity contribution in [2.75, 3.05) is 13.7 Å². The van der Waals surface area contributed by atoms with Crippen LogP contribution in [0.3, 0.4) is 0 Å². The average Bonchev–Trinajstić information content (AvgIpc) is 2.77. The van der Waals surface area contributed by atoms with Crippen LogP contribution in [0.2, 0.25) is 0 Å². The number of nitrogens with one attached hydrogen (secondary N) is 1. The highest BCUT2D eigenvalue weighted by Gasteiger charge is 2.08. The van der Waals surface area contributed by atoms with Crippen molar-refractivity contribution in [2.45, 2.75) is 6.92 Å². The number of rotatable bonds is 7. The summed E-state index contributed by atoms with van der Waals surface area (Å²) in [6.45, 7) is 1.68. The van der Waals surface area contributed by atoms with Crippen molar-refractivity contribution in [3.05, 3.63) is 82.8 Å². The summed E-state index contributed by atoms with van der Waals surface area (Å²) < 4.78 is 11.6. The molecular formula is C23H21BrN2O3. The van der Waals surface area contributed by atoms with Gasteiger partial charge in [-0.25, -0.2) is 5.43 Å². The first-order valence-corrected chi connectivity index (χ1v) is 9.81. The first kappa shape index (κ1) is 20.6. The van der Waals surface area contributed by atoms with Crippen LogP contribution in [-0.2, 0) is 4.79 Å². The maximum Gasteiger partial charge on any atom is 0.277 e. The molecule has 3 aromatic carbocycles. The van der Waals surface area contributed by atoms with Gasteiger partial charge in [-0.2, -0.15) is 5.10 Å². The number of hydrazone groups is 1. The first-order valence-electron chi connectivity index (χ1n) is 9.02. The molecule has 0 bridgehead atoms. The summed E-state index contributed by atoms with van der Waals surface area (Å²) in [6, 6.07) is 23.5. The predicted octanol–water partition coefficient (Wildman–Crippen LogP) is 5.04. The van der Waals surface area contributed by atoms with Crippen molar-refractivity contribution in [1.29, 1.82) is 0 Å². The minimum absolute atomic E-state index is 0.165. The van der Waals surface area contributed by atoms with Gasteiger partial charge in [0.05, 0.1) is 12.8 Å². The number of halogens is 1. The molecule has 0 atom stereocenters. The minimum atomic E-state index is -0.352. The summed E-state index contributed by atoms with van der Waals surface area (Å²) in [6.07, 6.45) is 0. The van der Waals surface area contributed by atoms with Crippen molar-refractivity contribution >= 4 is 27.5 Å². The van der Waals surface area contributed by atoms with Crippen LogP contribution < -0.4 is 14.9 Å². The molecule has 148 valence electrons. The van der Waals surface area contributed by atoms with Crippen LogP contribution in [0.25, 0.3) is 11.1 Å². The SMILES string of the molecule is COc1cc(Br)ccc1OCC(=O)NN=C(C)c1ccc(-c2ccccc2)cc1. The summed E-state index contributed by atoms with van der Waals surface area (Å²) in [5.41, 5.74) is 6.44. The molecule has 6 heteroatoms. The summed E-state index contributed by atoms with van der Waals surface area (Å²) >= 11 is 3.37. The number of carbonyl (C=O) groups is 1. The summed E-state index contributed by atoms with van der Waals surface area (Å²) in [5.74, 6) is 0.684. The van der Waals surface area contributed by atoms with Crippen LogP contribution in [0.15, 0.2) is 82.4 Å². The highest BCUT2D eigenvalue weighted by atomic mass is 79.9. The number of amides is 1. The molecule has 0 saturated heterocycles. The zero-order valence-electron chi connectivity index (χ0n) is 16.2. The molecule has 0 radical (unpaired) electrons. The van der Waals surface area contributed by atoms with Gasteiger partial charge in [-0.3, -0.25) is 4.79 Å². The quantitative estimate of drug-likeness (QED) is 0.403. The fraction of sp³-hybridized carbons (Fsp3) is 0.130. The van der Waals surface area contributed by atoms with E-state index in [0.29, 0.717) is 17.2 Å². The van der Waals surface area contributed by atoms with Crippen molar-refractivity contribution in [2.24, 2.45) is 5.10 Å². The van der Waals surface area contributed by atoms with E-state index in [1.165, 1.54) is 0 Å². The third-order valence-electron chi connectivity index (χ3n) is 4.24. The van der Waals surface area contributed by atoms with Gasteiger partial charge in [0.15, 0.2) is 18.1 Å². The first-order chi connectivity index (χ1) is 14.1. The maximum absolute atomic E-state index is 12.1. The Labute approximate surface area is 178 Å². The second kappa shape index (κ2) is 9.89. The van der Waals surface area contributed by atoms with Crippen molar-refractivity contribution < 1.29 is 14.3 Å². The molecule has 0 unspecified atom stereocenters. The second-order valence-electron chi connectivity index (χ2n) is 6.26. The third-order valence-corrected chi connectivity index (χ3v) is 4.74. The third kappa shape index (κ3) is 5.68. The fourth-order valence-electron chi connectivity index (χ4n) is 2.68. The van der Waals surface area contributed by atoms with Gasteiger partial charge in [-0.15, -0.1) is 0 Å². The van der Waals surface area contributed by atoms with E-state index in [0.717, 1.165) is 21.2 Å². The van der Waals surface area contributed by atoms with Crippen LogP contribution in [0.1, 0.15) is 12.5 Å². The molecule has 0 aromatic heterocycles. The van der Waals surface area contributed by atoms with Gasteiger partial charge < -0.3 is 9.47 Å². The minimum Gasteiger partial charge on any atom is -0.493 e. The van der Waals surface area contributed by atoms with Gasteiger partial charge in [-0.05, 0) is 41.8 Å². The van der Waals surface area contributed by atoms with E-state index < -0.39 is 0 Å². The summed E-state index contributed by atoms with van der Waals surface area (Å²) in [7, 11) is 1.55. The number of hydrogen-bond donors (Lipinski definition) is 1. The molecule has 29 heavy (non-hydrogen) atoms. The largest absolute Gasteiger partial charge is 0.493 e. The highest BCUT2D eigenvalue weighted by molar-refractivity contribution is 9.10. The summed E-state index contributed by atoms with van der Waals surface area (Å²) in [4.78, 5) is 12.1. The van der Waals surface area contributed by atoms with E-state index in [9.17, 15) is 4.79 Å². The number of methoxy groups -OCH3 is 1. The van der Waals surface area contributed by atoms with Crippen molar-refractivity contribution in [1.82, 2.24) is 5.43 Å².